The lowest BCUT2D eigenvalue weighted by Crippen LogP contribution is -2.45. The number of nitrogens with one attached hydrogen (secondary N) is 1. The molecule has 2 atom stereocenters. The summed E-state index contributed by atoms with van der Waals surface area (Å²) in [6, 6.07) is 14.2. The minimum absolute atomic E-state index is 0.0515. The van der Waals surface area contributed by atoms with Crippen LogP contribution in [0.2, 0.25) is 0 Å². The summed E-state index contributed by atoms with van der Waals surface area (Å²) < 4.78 is 13.8. The Bertz CT molecular complexity index is 748. The maximum Gasteiger partial charge on any atom is 0.237 e. The summed E-state index contributed by atoms with van der Waals surface area (Å²) in [6.45, 7) is 2.78. The zero-order valence-corrected chi connectivity index (χ0v) is 14.3. The number of rotatable bonds is 5. The maximum absolute atomic E-state index is 13.8. The van der Waals surface area contributed by atoms with Crippen LogP contribution in [0.1, 0.15) is 29.7 Å². The van der Waals surface area contributed by atoms with Gasteiger partial charge in [0.15, 0.2) is 0 Å². The van der Waals surface area contributed by atoms with Crippen LogP contribution in [0.25, 0.3) is 0 Å². The van der Waals surface area contributed by atoms with Gasteiger partial charge in [-0.25, -0.2) is 4.39 Å². The Balaban J connectivity index is 1.90. The molecule has 4 nitrogen and oxygen atoms in total. The molecular formula is C20H23FN2O2. The van der Waals surface area contributed by atoms with Crippen molar-refractivity contribution >= 4 is 5.91 Å². The SMILES string of the molecule is C[C@@H](O)CNCC(=O)N1CCc2ccccc2C1c1cccc(F)c1. The van der Waals surface area contributed by atoms with E-state index in [2.05, 4.69) is 11.4 Å². The van der Waals surface area contributed by atoms with Gasteiger partial charge in [0.1, 0.15) is 5.82 Å². The topological polar surface area (TPSA) is 52.6 Å². The highest BCUT2D eigenvalue weighted by Gasteiger charge is 2.31. The minimum Gasteiger partial charge on any atom is -0.392 e. The molecule has 3 rings (SSSR count). The van der Waals surface area contributed by atoms with Crippen LogP contribution < -0.4 is 5.32 Å². The van der Waals surface area contributed by atoms with E-state index in [1.54, 1.807) is 17.9 Å². The van der Waals surface area contributed by atoms with Crippen molar-refractivity contribution in [3.05, 3.63) is 71.0 Å². The van der Waals surface area contributed by atoms with Gasteiger partial charge >= 0.3 is 0 Å². The van der Waals surface area contributed by atoms with E-state index in [1.165, 1.54) is 17.7 Å². The summed E-state index contributed by atoms with van der Waals surface area (Å²) in [4.78, 5) is 14.5. The first-order valence-electron chi connectivity index (χ1n) is 8.58. The minimum atomic E-state index is -0.506. The molecule has 0 aromatic heterocycles. The Labute approximate surface area is 147 Å². The number of hydrogen-bond acceptors (Lipinski definition) is 3. The Kier molecular flexibility index (Phi) is 5.46. The predicted octanol–water partition coefficient (Wildman–Crippen LogP) is 2.27. The fourth-order valence-electron chi connectivity index (χ4n) is 3.36. The van der Waals surface area contributed by atoms with Crippen molar-refractivity contribution in [3.63, 3.8) is 0 Å². The molecular weight excluding hydrogens is 319 g/mol. The first-order valence-corrected chi connectivity index (χ1v) is 8.58. The van der Waals surface area contributed by atoms with Gasteiger partial charge in [0.05, 0.1) is 18.7 Å². The van der Waals surface area contributed by atoms with E-state index >= 15 is 0 Å². The molecule has 0 radical (unpaired) electrons. The molecule has 132 valence electrons. The van der Waals surface area contributed by atoms with Crippen molar-refractivity contribution in [2.45, 2.75) is 25.5 Å². The number of aliphatic hydroxyl groups is 1. The van der Waals surface area contributed by atoms with E-state index in [-0.39, 0.29) is 24.3 Å². The first-order chi connectivity index (χ1) is 12.1. The molecule has 2 aromatic rings. The molecule has 25 heavy (non-hydrogen) atoms. The van der Waals surface area contributed by atoms with Crippen molar-refractivity contribution < 1.29 is 14.3 Å². The molecule has 1 aliphatic heterocycles. The molecule has 1 heterocycles. The van der Waals surface area contributed by atoms with Gasteiger partial charge < -0.3 is 15.3 Å². The fraction of sp³-hybridized carbons (Fsp3) is 0.350. The Hall–Kier alpha value is -2.24. The maximum atomic E-state index is 13.8. The van der Waals surface area contributed by atoms with E-state index in [0.717, 1.165) is 17.5 Å². The zero-order chi connectivity index (χ0) is 17.8. The second kappa shape index (κ2) is 7.76. The molecule has 0 bridgehead atoms. The predicted molar refractivity (Wildman–Crippen MR) is 94.7 cm³/mol. The number of carbonyl (C=O) groups excluding carboxylic acids is 1. The average molecular weight is 342 g/mol. The van der Waals surface area contributed by atoms with Gasteiger partial charge in [-0.15, -0.1) is 0 Å². The lowest BCUT2D eigenvalue weighted by atomic mass is 9.88. The second-order valence-electron chi connectivity index (χ2n) is 6.47. The summed E-state index contributed by atoms with van der Waals surface area (Å²) in [6.07, 6.45) is 0.276. The van der Waals surface area contributed by atoms with E-state index < -0.39 is 6.10 Å². The highest BCUT2D eigenvalue weighted by atomic mass is 19.1. The summed E-state index contributed by atoms with van der Waals surface area (Å²) in [5, 5.41) is 12.3. The van der Waals surface area contributed by atoms with E-state index in [0.29, 0.717) is 13.1 Å². The largest absolute Gasteiger partial charge is 0.392 e. The molecule has 1 unspecified atom stereocenters. The molecule has 1 aliphatic rings. The van der Waals surface area contributed by atoms with Crippen molar-refractivity contribution in [2.75, 3.05) is 19.6 Å². The number of amides is 1. The number of nitrogens with zero attached hydrogens (tertiary/aromatic N) is 1. The van der Waals surface area contributed by atoms with Crippen molar-refractivity contribution in [1.29, 1.82) is 0 Å². The van der Waals surface area contributed by atoms with Gasteiger partial charge in [-0.1, -0.05) is 36.4 Å². The van der Waals surface area contributed by atoms with Gasteiger partial charge in [-0.2, -0.15) is 0 Å². The van der Waals surface area contributed by atoms with Crippen molar-refractivity contribution in [1.82, 2.24) is 10.2 Å². The highest BCUT2D eigenvalue weighted by molar-refractivity contribution is 5.79. The van der Waals surface area contributed by atoms with Gasteiger partial charge in [-0.3, -0.25) is 4.79 Å². The molecule has 0 spiro atoms. The smallest absolute Gasteiger partial charge is 0.237 e. The number of hydrogen-bond donors (Lipinski definition) is 2. The molecule has 0 aliphatic carbocycles. The Morgan fingerprint density at radius 3 is 2.88 bits per heavy atom. The molecule has 2 aromatic carbocycles. The van der Waals surface area contributed by atoms with Crippen LogP contribution in [-0.4, -0.2) is 41.7 Å². The quantitative estimate of drug-likeness (QED) is 0.876. The second-order valence-corrected chi connectivity index (χ2v) is 6.47. The number of fused-ring (bicyclic) bond motifs is 1. The average Bonchev–Trinajstić information content (AvgIpc) is 2.60. The number of benzene rings is 2. The Morgan fingerprint density at radius 1 is 1.32 bits per heavy atom. The van der Waals surface area contributed by atoms with Gasteiger partial charge in [-0.05, 0) is 42.2 Å². The van der Waals surface area contributed by atoms with Crippen molar-refractivity contribution in [2.24, 2.45) is 0 Å². The molecule has 0 fully saturated rings. The van der Waals surface area contributed by atoms with E-state index in [1.807, 2.05) is 24.3 Å². The van der Waals surface area contributed by atoms with Gasteiger partial charge in [0, 0.05) is 13.1 Å². The Morgan fingerprint density at radius 2 is 2.12 bits per heavy atom. The fourth-order valence-corrected chi connectivity index (χ4v) is 3.36. The third-order valence-corrected chi connectivity index (χ3v) is 4.48. The summed E-state index contributed by atoms with van der Waals surface area (Å²) in [5.74, 6) is -0.357. The highest BCUT2D eigenvalue weighted by Crippen LogP contribution is 2.35. The summed E-state index contributed by atoms with van der Waals surface area (Å²) >= 11 is 0. The van der Waals surface area contributed by atoms with E-state index in [4.69, 9.17) is 0 Å². The van der Waals surface area contributed by atoms with Crippen LogP contribution in [0.4, 0.5) is 4.39 Å². The molecule has 1 amide bonds. The lowest BCUT2D eigenvalue weighted by molar-refractivity contribution is -0.132. The summed E-state index contributed by atoms with van der Waals surface area (Å²) in [5.41, 5.74) is 3.01. The van der Waals surface area contributed by atoms with Crippen LogP contribution in [-0.2, 0) is 11.2 Å². The number of carbonyl (C=O) groups is 1. The molecule has 0 saturated heterocycles. The van der Waals surface area contributed by atoms with Gasteiger partial charge in [0.25, 0.3) is 0 Å². The standard InChI is InChI=1S/C20H23FN2O2/c1-14(24)12-22-13-19(25)23-10-9-15-5-2-3-8-18(15)20(23)16-6-4-7-17(21)11-16/h2-8,11,14,20,22,24H,9-10,12-13H2,1H3/t14-,20?/m1/s1. The van der Waals surface area contributed by atoms with Crippen LogP contribution in [0.15, 0.2) is 48.5 Å². The monoisotopic (exact) mass is 342 g/mol. The third-order valence-electron chi connectivity index (χ3n) is 4.48. The van der Waals surface area contributed by atoms with Crippen LogP contribution in [0.5, 0.6) is 0 Å². The molecule has 2 N–H and O–H groups in total. The van der Waals surface area contributed by atoms with Crippen molar-refractivity contribution in [3.8, 4) is 0 Å². The van der Waals surface area contributed by atoms with Crippen LogP contribution in [0.3, 0.4) is 0 Å². The number of halogens is 1. The third kappa shape index (κ3) is 4.06. The van der Waals surface area contributed by atoms with E-state index in [9.17, 15) is 14.3 Å². The zero-order valence-electron chi connectivity index (χ0n) is 14.3. The van der Waals surface area contributed by atoms with Gasteiger partial charge in [0.2, 0.25) is 5.91 Å². The van der Waals surface area contributed by atoms with Crippen LogP contribution in [0, 0.1) is 5.82 Å². The first kappa shape index (κ1) is 17.6. The summed E-state index contributed by atoms with van der Waals surface area (Å²) in [7, 11) is 0. The normalized spacial score (nSPS) is 17.9. The molecule has 5 heteroatoms. The lowest BCUT2D eigenvalue weighted by Gasteiger charge is -2.38. The molecule has 0 saturated carbocycles. The number of aliphatic hydroxyl groups excluding tert-OH is 1. The van der Waals surface area contributed by atoms with Crippen LogP contribution >= 0.6 is 0 Å².